The van der Waals surface area contributed by atoms with E-state index in [0.717, 1.165) is 6.42 Å². The van der Waals surface area contributed by atoms with Crippen molar-refractivity contribution >= 4 is 23.2 Å². The number of hydrogen-bond acceptors (Lipinski definition) is 1. The van der Waals surface area contributed by atoms with Crippen LogP contribution in [0.15, 0.2) is 18.2 Å². The summed E-state index contributed by atoms with van der Waals surface area (Å²) in [5, 5.41) is 0.0550. The number of amides is 1. The Morgan fingerprint density at radius 3 is 2.80 bits per heavy atom. The second-order valence-corrected chi connectivity index (χ2v) is 4.16. The van der Waals surface area contributed by atoms with E-state index in [1.54, 1.807) is 11.0 Å². The molecule has 0 N–H and O–H groups in total. The first-order chi connectivity index (χ1) is 7.09. The van der Waals surface area contributed by atoms with Gasteiger partial charge in [0.1, 0.15) is 5.82 Å². The van der Waals surface area contributed by atoms with E-state index in [1.165, 1.54) is 12.1 Å². The number of carbonyl (C=O) groups excluding carboxylic acids is 1. The summed E-state index contributed by atoms with van der Waals surface area (Å²) in [6.07, 6.45) is 1.39. The fraction of sp³-hybridized carbons (Fsp3) is 0.364. The average molecular weight is 228 g/mol. The molecule has 1 aromatic rings. The van der Waals surface area contributed by atoms with Crippen molar-refractivity contribution < 1.29 is 9.18 Å². The van der Waals surface area contributed by atoms with Gasteiger partial charge in [-0.05, 0) is 31.5 Å². The van der Waals surface area contributed by atoms with Gasteiger partial charge >= 0.3 is 0 Å². The normalized spacial score (nSPS) is 21.1. The third-order valence-corrected chi connectivity index (χ3v) is 2.96. The first-order valence-electron chi connectivity index (χ1n) is 4.86. The van der Waals surface area contributed by atoms with Crippen LogP contribution in [0, 0.1) is 5.82 Å². The Hall–Kier alpha value is -1.09. The van der Waals surface area contributed by atoms with E-state index in [0.29, 0.717) is 12.1 Å². The van der Waals surface area contributed by atoms with E-state index < -0.39 is 5.82 Å². The largest absolute Gasteiger partial charge is 0.310 e. The fourth-order valence-corrected chi connectivity index (χ4v) is 2.04. The van der Waals surface area contributed by atoms with Crippen molar-refractivity contribution in [1.29, 1.82) is 0 Å². The molecule has 15 heavy (non-hydrogen) atoms. The van der Waals surface area contributed by atoms with Crippen LogP contribution in [0.3, 0.4) is 0 Å². The molecule has 1 aromatic carbocycles. The Morgan fingerprint density at radius 2 is 2.27 bits per heavy atom. The highest BCUT2D eigenvalue weighted by Crippen LogP contribution is 2.29. The predicted molar refractivity (Wildman–Crippen MR) is 57.6 cm³/mol. The van der Waals surface area contributed by atoms with Crippen LogP contribution < -0.4 is 4.90 Å². The summed E-state index contributed by atoms with van der Waals surface area (Å²) in [6, 6.07) is 4.53. The topological polar surface area (TPSA) is 20.3 Å². The van der Waals surface area contributed by atoms with Gasteiger partial charge in [-0.1, -0.05) is 11.6 Å². The number of rotatable bonds is 1. The molecule has 2 nitrogen and oxygen atoms in total. The van der Waals surface area contributed by atoms with E-state index in [-0.39, 0.29) is 17.0 Å². The molecule has 0 bridgehead atoms. The van der Waals surface area contributed by atoms with Crippen molar-refractivity contribution in [3.05, 3.63) is 29.0 Å². The predicted octanol–water partition coefficient (Wildman–Crippen LogP) is 2.99. The molecular weight excluding hydrogens is 217 g/mol. The summed E-state index contributed by atoms with van der Waals surface area (Å²) >= 11 is 5.67. The molecule has 1 atom stereocenters. The van der Waals surface area contributed by atoms with Crippen molar-refractivity contribution in [2.75, 3.05) is 4.90 Å². The van der Waals surface area contributed by atoms with Gasteiger partial charge in [-0.3, -0.25) is 4.79 Å². The van der Waals surface area contributed by atoms with Crippen molar-refractivity contribution in [1.82, 2.24) is 0 Å². The van der Waals surface area contributed by atoms with Crippen molar-refractivity contribution in [3.63, 3.8) is 0 Å². The number of benzene rings is 1. The highest BCUT2D eigenvalue weighted by atomic mass is 35.5. The molecule has 1 heterocycles. The van der Waals surface area contributed by atoms with Crippen molar-refractivity contribution in [3.8, 4) is 0 Å². The van der Waals surface area contributed by atoms with E-state index in [2.05, 4.69) is 0 Å². The second kappa shape index (κ2) is 3.81. The van der Waals surface area contributed by atoms with Crippen LogP contribution in [-0.2, 0) is 4.79 Å². The number of nitrogens with zero attached hydrogens (tertiary/aromatic N) is 1. The van der Waals surface area contributed by atoms with Crippen LogP contribution in [0.25, 0.3) is 0 Å². The van der Waals surface area contributed by atoms with Crippen LogP contribution in [0.1, 0.15) is 19.8 Å². The quantitative estimate of drug-likeness (QED) is 0.722. The Bertz CT molecular complexity index is 408. The van der Waals surface area contributed by atoms with Crippen LogP contribution in [0.5, 0.6) is 0 Å². The molecule has 0 saturated carbocycles. The zero-order chi connectivity index (χ0) is 11.0. The lowest BCUT2D eigenvalue weighted by Gasteiger charge is -2.21. The van der Waals surface area contributed by atoms with Gasteiger partial charge in [0, 0.05) is 18.2 Å². The second-order valence-electron chi connectivity index (χ2n) is 3.75. The lowest BCUT2D eigenvalue weighted by molar-refractivity contribution is -0.117. The fourth-order valence-electron chi connectivity index (χ4n) is 1.86. The van der Waals surface area contributed by atoms with Crippen molar-refractivity contribution in [2.45, 2.75) is 25.8 Å². The number of hydrogen-bond donors (Lipinski definition) is 0. The minimum atomic E-state index is -0.459. The van der Waals surface area contributed by atoms with Gasteiger partial charge in [-0.25, -0.2) is 4.39 Å². The van der Waals surface area contributed by atoms with Gasteiger partial charge in [0.15, 0.2) is 0 Å². The van der Waals surface area contributed by atoms with E-state index in [4.69, 9.17) is 11.6 Å². The molecule has 4 heteroatoms. The van der Waals surface area contributed by atoms with Gasteiger partial charge in [-0.2, -0.15) is 0 Å². The summed E-state index contributed by atoms with van der Waals surface area (Å²) in [5.41, 5.74) is 0.677. The molecule has 80 valence electrons. The van der Waals surface area contributed by atoms with E-state index in [9.17, 15) is 9.18 Å². The number of carbonyl (C=O) groups is 1. The van der Waals surface area contributed by atoms with E-state index >= 15 is 0 Å². The lowest BCUT2D eigenvalue weighted by atomic mass is 10.2. The SMILES string of the molecule is CC1CCC(=O)N1c1ccc(F)c(Cl)c1. The van der Waals surface area contributed by atoms with Gasteiger partial charge in [0.25, 0.3) is 0 Å². The zero-order valence-corrected chi connectivity index (χ0v) is 9.09. The van der Waals surface area contributed by atoms with Crippen LogP contribution >= 0.6 is 11.6 Å². The van der Waals surface area contributed by atoms with Gasteiger partial charge < -0.3 is 4.90 Å². The summed E-state index contributed by atoms with van der Waals surface area (Å²) < 4.78 is 12.9. The third kappa shape index (κ3) is 1.84. The summed E-state index contributed by atoms with van der Waals surface area (Å²) in [5.74, 6) is -0.384. The standard InChI is InChI=1S/C11H11ClFNO/c1-7-2-5-11(15)14(7)8-3-4-10(13)9(12)6-8/h3-4,6-7H,2,5H2,1H3. The van der Waals surface area contributed by atoms with Crippen molar-refractivity contribution in [2.24, 2.45) is 0 Å². The minimum Gasteiger partial charge on any atom is -0.310 e. The molecule has 0 aromatic heterocycles. The van der Waals surface area contributed by atoms with Crippen LogP contribution in [0.4, 0.5) is 10.1 Å². The molecule has 0 spiro atoms. The monoisotopic (exact) mass is 227 g/mol. The first-order valence-corrected chi connectivity index (χ1v) is 5.24. The molecule has 1 saturated heterocycles. The smallest absolute Gasteiger partial charge is 0.227 e. The summed E-state index contributed by atoms with van der Waals surface area (Å²) in [7, 11) is 0. The molecular formula is C11H11ClFNO. The maximum Gasteiger partial charge on any atom is 0.227 e. The van der Waals surface area contributed by atoms with Crippen LogP contribution in [-0.4, -0.2) is 11.9 Å². The third-order valence-electron chi connectivity index (χ3n) is 2.67. The molecule has 0 radical (unpaired) electrons. The Labute approximate surface area is 92.6 Å². The summed E-state index contributed by atoms with van der Waals surface area (Å²) in [6.45, 7) is 1.97. The molecule has 2 rings (SSSR count). The van der Waals surface area contributed by atoms with Gasteiger partial charge in [0.2, 0.25) is 5.91 Å². The maximum absolute atomic E-state index is 12.9. The van der Waals surface area contributed by atoms with Gasteiger partial charge in [0.05, 0.1) is 5.02 Å². The Kier molecular flexibility index (Phi) is 2.65. The molecule has 1 fully saturated rings. The highest BCUT2D eigenvalue weighted by Gasteiger charge is 2.28. The Morgan fingerprint density at radius 1 is 1.53 bits per heavy atom. The van der Waals surface area contributed by atoms with Crippen LogP contribution in [0.2, 0.25) is 5.02 Å². The molecule has 0 aliphatic carbocycles. The number of halogens is 2. The molecule has 1 aliphatic heterocycles. The van der Waals surface area contributed by atoms with E-state index in [1.807, 2.05) is 6.92 Å². The molecule has 1 unspecified atom stereocenters. The first kappa shape index (κ1) is 10.4. The Balaban J connectivity index is 2.36. The lowest BCUT2D eigenvalue weighted by Crippen LogP contribution is -2.30. The maximum atomic E-state index is 12.9. The molecule has 1 amide bonds. The van der Waals surface area contributed by atoms with Gasteiger partial charge in [-0.15, -0.1) is 0 Å². The summed E-state index contributed by atoms with van der Waals surface area (Å²) in [4.78, 5) is 13.2. The zero-order valence-electron chi connectivity index (χ0n) is 8.34. The molecule has 1 aliphatic rings. The minimum absolute atomic E-state index is 0.0550. The number of anilines is 1. The highest BCUT2D eigenvalue weighted by molar-refractivity contribution is 6.31. The average Bonchev–Trinajstić information content (AvgIpc) is 2.52.